The molecule has 160 valence electrons. The fourth-order valence-electron chi connectivity index (χ4n) is 3.82. The number of rotatable bonds is 6. The minimum atomic E-state index is -0.341. The Morgan fingerprint density at radius 1 is 1.09 bits per heavy atom. The average molecular weight is 426 g/mol. The van der Waals surface area contributed by atoms with E-state index in [-0.39, 0.29) is 11.6 Å². The zero-order valence-corrected chi connectivity index (χ0v) is 17.8. The van der Waals surface area contributed by atoms with Crippen LogP contribution in [-0.2, 0) is 13.1 Å². The molecule has 3 heterocycles. The molecule has 0 aliphatic carbocycles. The lowest BCUT2D eigenvalue weighted by Crippen LogP contribution is -2.13. The van der Waals surface area contributed by atoms with Crippen molar-refractivity contribution in [2.45, 2.75) is 26.9 Å². The van der Waals surface area contributed by atoms with Crippen LogP contribution in [-0.4, -0.2) is 30.2 Å². The molecule has 0 atom stereocenters. The molecule has 0 aliphatic rings. The number of benzene rings is 2. The fraction of sp³-hybridized carbons (Fsp3) is 0.167. The number of aromatic nitrogens is 5. The molecule has 0 spiro atoms. The number of hydrogen-bond acceptors (Lipinski definition) is 5. The van der Waals surface area contributed by atoms with Crippen LogP contribution in [0, 0.1) is 13.8 Å². The predicted octanol–water partition coefficient (Wildman–Crippen LogP) is 4.46. The van der Waals surface area contributed by atoms with Gasteiger partial charge in [0.25, 0.3) is 5.91 Å². The average Bonchev–Trinajstić information content (AvgIpc) is 3.50. The van der Waals surface area contributed by atoms with Crippen LogP contribution in [0.5, 0.6) is 0 Å². The third-order valence-corrected chi connectivity index (χ3v) is 5.35. The Hall–Kier alpha value is -4.20. The molecular formula is C24H22N6O2. The first kappa shape index (κ1) is 19.7. The van der Waals surface area contributed by atoms with Crippen molar-refractivity contribution in [1.82, 2.24) is 24.3 Å². The van der Waals surface area contributed by atoms with Crippen LogP contribution in [0.15, 0.2) is 71.7 Å². The summed E-state index contributed by atoms with van der Waals surface area (Å²) in [6.07, 6.45) is 4.72. The second-order valence-corrected chi connectivity index (χ2v) is 7.65. The molecular weight excluding hydrogens is 404 g/mol. The maximum Gasteiger partial charge on any atom is 0.278 e. The van der Waals surface area contributed by atoms with Gasteiger partial charge in [-0.15, -0.1) is 0 Å². The fourth-order valence-corrected chi connectivity index (χ4v) is 3.82. The lowest BCUT2D eigenvalue weighted by atomic mass is 10.1. The number of fused-ring (bicyclic) bond motifs is 1. The summed E-state index contributed by atoms with van der Waals surface area (Å²) < 4.78 is 9.46. The maximum absolute atomic E-state index is 12.8. The SMILES string of the molecule is Cc1cccc(-c2ocnc2C(=O)Nc2cnn(CCn3c(C)nc4ccccc43)c2)c1. The Balaban J connectivity index is 1.28. The van der Waals surface area contributed by atoms with Crippen LogP contribution >= 0.6 is 0 Å². The molecule has 0 aliphatic heterocycles. The van der Waals surface area contributed by atoms with E-state index < -0.39 is 0 Å². The molecule has 5 rings (SSSR count). The number of aryl methyl sites for hydroxylation is 4. The van der Waals surface area contributed by atoms with Crippen LogP contribution in [0.25, 0.3) is 22.4 Å². The topological polar surface area (TPSA) is 90.8 Å². The van der Waals surface area contributed by atoms with Gasteiger partial charge < -0.3 is 14.3 Å². The van der Waals surface area contributed by atoms with Crippen molar-refractivity contribution in [1.29, 1.82) is 0 Å². The van der Waals surface area contributed by atoms with E-state index in [2.05, 4.69) is 31.0 Å². The summed E-state index contributed by atoms with van der Waals surface area (Å²) in [6.45, 7) is 5.36. The molecule has 0 saturated carbocycles. The first-order valence-corrected chi connectivity index (χ1v) is 10.3. The summed E-state index contributed by atoms with van der Waals surface area (Å²) in [5, 5.41) is 7.24. The van der Waals surface area contributed by atoms with E-state index in [4.69, 9.17) is 4.42 Å². The third kappa shape index (κ3) is 3.78. The van der Waals surface area contributed by atoms with Gasteiger partial charge in [0.1, 0.15) is 5.82 Å². The van der Waals surface area contributed by atoms with Crippen LogP contribution < -0.4 is 5.32 Å². The summed E-state index contributed by atoms with van der Waals surface area (Å²) in [4.78, 5) is 21.5. The second kappa shape index (κ2) is 8.14. The van der Waals surface area contributed by atoms with Gasteiger partial charge in [0.15, 0.2) is 17.8 Å². The Morgan fingerprint density at radius 3 is 2.84 bits per heavy atom. The van der Waals surface area contributed by atoms with Crippen LogP contribution in [0.3, 0.4) is 0 Å². The number of carbonyl (C=O) groups is 1. The lowest BCUT2D eigenvalue weighted by molar-refractivity contribution is 0.102. The Morgan fingerprint density at radius 2 is 1.97 bits per heavy atom. The molecule has 1 N–H and O–H groups in total. The molecule has 2 aromatic carbocycles. The van der Waals surface area contributed by atoms with E-state index in [0.29, 0.717) is 18.0 Å². The summed E-state index contributed by atoms with van der Waals surface area (Å²) >= 11 is 0. The van der Waals surface area contributed by atoms with E-state index >= 15 is 0 Å². The number of nitrogens with zero attached hydrogens (tertiary/aromatic N) is 5. The summed E-state index contributed by atoms with van der Waals surface area (Å²) in [6, 6.07) is 15.8. The molecule has 0 radical (unpaired) electrons. The van der Waals surface area contributed by atoms with Gasteiger partial charge in [-0.2, -0.15) is 5.10 Å². The number of hydrogen-bond donors (Lipinski definition) is 1. The predicted molar refractivity (Wildman–Crippen MR) is 121 cm³/mol. The van der Waals surface area contributed by atoms with Crippen LogP contribution in [0.1, 0.15) is 21.9 Å². The molecule has 8 nitrogen and oxygen atoms in total. The number of nitrogens with one attached hydrogen (secondary N) is 1. The van der Waals surface area contributed by atoms with Gasteiger partial charge in [0.2, 0.25) is 0 Å². The highest BCUT2D eigenvalue weighted by atomic mass is 16.3. The number of oxazole rings is 1. The number of carbonyl (C=O) groups excluding carboxylic acids is 1. The maximum atomic E-state index is 12.8. The normalized spacial score (nSPS) is 11.2. The molecule has 0 fully saturated rings. The quantitative estimate of drug-likeness (QED) is 0.433. The monoisotopic (exact) mass is 426 g/mol. The van der Waals surface area contributed by atoms with Crippen molar-refractivity contribution in [2.24, 2.45) is 0 Å². The minimum Gasteiger partial charge on any atom is -0.443 e. The molecule has 5 aromatic rings. The molecule has 1 amide bonds. The molecule has 3 aromatic heterocycles. The molecule has 0 saturated heterocycles. The van der Waals surface area contributed by atoms with Crippen molar-refractivity contribution in [2.75, 3.05) is 5.32 Å². The first-order chi connectivity index (χ1) is 15.6. The Bertz CT molecular complexity index is 1410. The van der Waals surface area contributed by atoms with Crippen molar-refractivity contribution in [3.63, 3.8) is 0 Å². The van der Waals surface area contributed by atoms with E-state index in [1.165, 1.54) is 6.39 Å². The Kier molecular flexibility index (Phi) is 5.03. The second-order valence-electron chi connectivity index (χ2n) is 7.65. The number of para-hydroxylation sites is 2. The molecule has 8 heteroatoms. The van der Waals surface area contributed by atoms with Crippen molar-refractivity contribution in [3.05, 3.63) is 84.4 Å². The number of imidazole rings is 1. The standard InChI is InChI=1S/C24H22N6O2/c1-16-6-5-7-18(12-16)23-22(25-15-32-23)24(31)28-19-13-26-29(14-19)10-11-30-17(2)27-20-8-3-4-9-21(20)30/h3-9,12-15H,10-11H2,1-2H3,(H,28,31). The lowest BCUT2D eigenvalue weighted by Gasteiger charge is -2.07. The summed E-state index contributed by atoms with van der Waals surface area (Å²) in [5.74, 6) is 1.06. The Labute approximate surface area is 184 Å². The van der Waals surface area contributed by atoms with Crippen LogP contribution in [0.2, 0.25) is 0 Å². The van der Waals surface area contributed by atoms with E-state index in [1.807, 2.05) is 56.3 Å². The van der Waals surface area contributed by atoms with E-state index in [0.717, 1.165) is 34.5 Å². The highest BCUT2D eigenvalue weighted by molar-refractivity contribution is 6.06. The highest BCUT2D eigenvalue weighted by Crippen LogP contribution is 2.24. The van der Waals surface area contributed by atoms with Crippen molar-refractivity contribution >= 4 is 22.6 Å². The van der Waals surface area contributed by atoms with Gasteiger partial charge >= 0.3 is 0 Å². The zero-order valence-electron chi connectivity index (χ0n) is 17.8. The summed E-state index contributed by atoms with van der Waals surface area (Å²) in [7, 11) is 0. The number of anilines is 1. The molecule has 32 heavy (non-hydrogen) atoms. The zero-order chi connectivity index (χ0) is 22.1. The van der Waals surface area contributed by atoms with Crippen molar-refractivity contribution < 1.29 is 9.21 Å². The largest absolute Gasteiger partial charge is 0.443 e. The van der Waals surface area contributed by atoms with Gasteiger partial charge in [0.05, 0.1) is 29.5 Å². The molecule has 0 unspecified atom stereocenters. The van der Waals surface area contributed by atoms with Gasteiger partial charge in [-0.05, 0) is 32.0 Å². The third-order valence-electron chi connectivity index (χ3n) is 5.35. The first-order valence-electron chi connectivity index (χ1n) is 10.3. The van der Waals surface area contributed by atoms with E-state index in [1.54, 1.807) is 17.1 Å². The van der Waals surface area contributed by atoms with Gasteiger partial charge in [-0.3, -0.25) is 9.48 Å². The van der Waals surface area contributed by atoms with Crippen LogP contribution in [0.4, 0.5) is 5.69 Å². The number of amides is 1. The van der Waals surface area contributed by atoms with Gasteiger partial charge in [0, 0.05) is 18.3 Å². The summed E-state index contributed by atoms with van der Waals surface area (Å²) in [5.41, 5.74) is 4.80. The van der Waals surface area contributed by atoms with Gasteiger partial charge in [-0.25, -0.2) is 9.97 Å². The van der Waals surface area contributed by atoms with Gasteiger partial charge in [-0.1, -0.05) is 35.9 Å². The smallest absolute Gasteiger partial charge is 0.278 e. The highest BCUT2D eigenvalue weighted by Gasteiger charge is 2.19. The minimum absolute atomic E-state index is 0.240. The molecule has 0 bridgehead atoms. The van der Waals surface area contributed by atoms with Crippen molar-refractivity contribution in [3.8, 4) is 11.3 Å². The van der Waals surface area contributed by atoms with E-state index in [9.17, 15) is 4.79 Å².